The Bertz CT molecular complexity index is 416. The fourth-order valence-electron chi connectivity index (χ4n) is 1.39. The van der Waals surface area contributed by atoms with Gasteiger partial charge in [0.2, 0.25) is 0 Å². The highest BCUT2D eigenvalue weighted by Gasteiger charge is 2.22. The van der Waals surface area contributed by atoms with Gasteiger partial charge in [-0.1, -0.05) is 34.6 Å². The summed E-state index contributed by atoms with van der Waals surface area (Å²) in [6.45, 7) is 10.9. The van der Waals surface area contributed by atoms with Crippen LogP contribution in [0.4, 0.5) is 4.79 Å². The van der Waals surface area contributed by atoms with Crippen LogP contribution >= 0.6 is 0 Å². The van der Waals surface area contributed by atoms with Crippen LogP contribution in [0.1, 0.15) is 40.3 Å². The monoisotopic (exact) mass is 253 g/mol. The lowest BCUT2D eigenvalue weighted by molar-refractivity contribution is 0.236. The van der Waals surface area contributed by atoms with E-state index in [4.69, 9.17) is 4.74 Å². The Labute approximate surface area is 109 Å². The standard InChI is InChI=1S/C13H23N3O2/c1-9(2)7-14-11(17)16-8-10(13(3,4)5)15-12(16)18-6/h8-9H,7H2,1-6H3,(H,14,17). The topological polar surface area (TPSA) is 56.2 Å². The summed E-state index contributed by atoms with van der Waals surface area (Å²) < 4.78 is 6.56. The molecule has 1 heterocycles. The van der Waals surface area contributed by atoms with E-state index in [2.05, 4.69) is 10.3 Å². The van der Waals surface area contributed by atoms with Crippen LogP contribution in [0.5, 0.6) is 6.01 Å². The van der Waals surface area contributed by atoms with Crippen LogP contribution in [0.25, 0.3) is 0 Å². The average molecular weight is 253 g/mol. The zero-order chi connectivity index (χ0) is 13.9. The van der Waals surface area contributed by atoms with Gasteiger partial charge in [-0.3, -0.25) is 0 Å². The molecule has 1 N–H and O–H groups in total. The number of hydrogen-bond donors (Lipinski definition) is 1. The van der Waals surface area contributed by atoms with Gasteiger partial charge in [-0.05, 0) is 5.92 Å². The molecule has 0 aliphatic heterocycles. The van der Waals surface area contributed by atoms with E-state index in [1.54, 1.807) is 6.20 Å². The van der Waals surface area contributed by atoms with Crippen molar-refractivity contribution < 1.29 is 9.53 Å². The number of methoxy groups -OCH3 is 1. The molecule has 1 amide bonds. The first-order chi connectivity index (χ1) is 8.25. The van der Waals surface area contributed by atoms with Crippen molar-refractivity contribution >= 4 is 6.03 Å². The maximum atomic E-state index is 12.0. The number of amides is 1. The third kappa shape index (κ3) is 3.48. The van der Waals surface area contributed by atoms with Crippen LogP contribution in [-0.4, -0.2) is 29.2 Å². The quantitative estimate of drug-likeness (QED) is 0.900. The molecule has 18 heavy (non-hydrogen) atoms. The van der Waals surface area contributed by atoms with E-state index >= 15 is 0 Å². The molecule has 5 nitrogen and oxygen atoms in total. The molecule has 1 aromatic heterocycles. The Morgan fingerprint density at radius 2 is 2.11 bits per heavy atom. The molecular weight excluding hydrogens is 230 g/mol. The Morgan fingerprint density at radius 1 is 1.50 bits per heavy atom. The van der Waals surface area contributed by atoms with Crippen molar-refractivity contribution in [3.63, 3.8) is 0 Å². The second-order valence-corrected chi connectivity index (χ2v) is 5.81. The Morgan fingerprint density at radius 3 is 2.56 bits per heavy atom. The van der Waals surface area contributed by atoms with Gasteiger partial charge in [0.05, 0.1) is 12.8 Å². The highest BCUT2D eigenvalue weighted by Crippen LogP contribution is 2.23. The van der Waals surface area contributed by atoms with Crippen molar-refractivity contribution in [1.29, 1.82) is 0 Å². The molecule has 0 saturated carbocycles. The maximum absolute atomic E-state index is 12.0. The number of ether oxygens (including phenoxy) is 1. The molecule has 0 unspecified atom stereocenters. The zero-order valence-corrected chi connectivity index (χ0v) is 12.1. The number of nitrogens with zero attached hydrogens (tertiary/aromatic N) is 2. The van der Waals surface area contributed by atoms with Crippen LogP contribution in [0.15, 0.2) is 6.20 Å². The van der Waals surface area contributed by atoms with Crippen LogP contribution in [0.2, 0.25) is 0 Å². The second kappa shape index (κ2) is 5.42. The normalized spacial score (nSPS) is 11.7. The van der Waals surface area contributed by atoms with E-state index in [1.165, 1.54) is 11.7 Å². The summed E-state index contributed by atoms with van der Waals surface area (Å²) >= 11 is 0. The molecule has 0 aliphatic carbocycles. The third-order valence-electron chi connectivity index (χ3n) is 2.50. The number of rotatable bonds is 3. The average Bonchev–Trinajstić information content (AvgIpc) is 2.69. The van der Waals surface area contributed by atoms with Gasteiger partial charge in [0.25, 0.3) is 0 Å². The van der Waals surface area contributed by atoms with Crippen LogP contribution in [0.3, 0.4) is 0 Å². The molecule has 102 valence electrons. The van der Waals surface area contributed by atoms with Crippen LogP contribution < -0.4 is 10.1 Å². The molecule has 0 atom stereocenters. The predicted molar refractivity (Wildman–Crippen MR) is 71.1 cm³/mol. The second-order valence-electron chi connectivity index (χ2n) is 5.81. The molecule has 1 rings (SSSR count). The van der Waals surface area contributed by atoms with E-state index in [0.29, 0.717) is 18.5 Å². The highest BCUT2D eigenvalue weighted by atomic mass is 16.5. The molecule has 0 saturated heterocycles. The molecule has 5 heteroatoms. The number of carbonyl (C=O) groups excluding carboxylic acids is 1. The van der Waals surface area contributed by atoms with Crippen LogP contribution in [-0.2, 0) is 5.41 Å². The maximum Gasteiger partial charge on any atom is 0.329 e. The highest BCUT2D eigenvalue weighted by molar-refractivity contribution is 5.78. The van der Waals surface area contributed by atoms with E-state index in [-0.39, 0.29) is 11.4 Å². The Kier molecular flexibility index (Phi) is 4.38. The molecule has 0 bridgehead atoms. The van der Waals surface area contributed by atoms with Crippen molar-refractivity contribution in [3.05, 3.63) is 11.9 Å². The minimum absolute atomic E-state index is 0.114. The lowest BCUT2D eigenvalue weighted by Gasteiger charge is -2.13. The summed E-state index contributed by atoms with van der Waals surface area (Å²) in [5.74, 6) is 0.408. The summed E-state index contributed by atoms with van der Waals surface area (Å²) in [7, 11) is 1.51. The predicted octanol–water partition coefficient (Wildman–Crippen LogP) is 2.40. The number of aromatic nitrogens is 2. The summed E-state index contributed by atoms with van der Waals surface area (Å²) in [5.41, 5.74) is 0.718. The summed E-state index contributed by atoms with van der Waals surface area (Å²) in [5, 5.41) is 2.84. The minimum atomic E-state index is -0.205. The van der Waals surface area contributed by atoms with Crippen molar-refractivity contribution in [2.75, 3.05) is 13.7 Å². The fourth-order valence-corrected chi connectivity index (χ4v) is 1.39. The molecule has 0 spiro atoms. The van der Waals surface area contributed by atoms with Gasteiger partial charge in [-0.2, -0.15) is 4.98 Å². The Balaban J connectivity index is 2.94. The van der Waals surface area contributed by atoms with Gasteiger partial charge in [0.15, 0.2) is 0 Å². The lowest BCUT2D eigenvalue weighted by atomic mass is 9.93. The summed E-state index contributed by atoms with van der Waals surface area (Å²) in [6, 6.07) is 0.115. The number of imidazole rings is 1. The van der Waals surface area contributed by atoms with Gasteiger partial charge in [-0.15, -0.1) is 0 Å². The van der Waals surface area contributed by atoms with E-state index in [9.17, 15) is 4.79 Å². The number of hydrogen-bond acceptors (Lipinski definition) is 3. The van der Waals surface area contributed by atoms with Gasteiger partial charge in [0, 0.05) is 18.2 Å². The minimum Gasteiger partial charge on any atom is -0.468 e. The van der Waals surface area contributed by atoms with Crippen molar-refractivity contribution in [1.82, 2.24) is 14.9 Å². The molecule has 0 radical (unpaired) electrons. The van der Waals surface area contributed by atoms with E-state index < -0.39 is 0 Å². The van der Waals surface area contributed by atoms with Crippen molar-refractivity contribution in [2.24, 2.45) is 5.92 Å². The molecule has 0 fully saturated rings. The van der Waals surface area contributed by atoms with E-state index in [1.807, 2.05) is 34.6 Å². The fraction of sp³-hybridized carbons (Fsp3) is 0.692. The van der Waals surface area contributed by atoms with Gasteiger partial charge >= 0.3 is 12.0 Å². The summed E-state index contributed by atoms with van der Waals surface area (Å²) in [4.78, 5) is 16.3. The SMILES string of the molecule is COc1nc(C(C)(C)C)cn1C(=O)NCC(C)C. The van der Waals surface area contributed by atoms with Gasteiger partial charge < -0.3 is 10.1 Å². The van der Waals surface area contributed by atoms with E-state index in [0.717, 1.165) is 5.69 Å². The smallest absolute Gasteiger partial charge is 0.329 e. The van der Waals surface area contributed by atoms with Crippen LogP contribution in [0, 0.1) is 5.92 Å². The summed E-state index contributed by atoms with van der Waals surface area (Å²) in [6.07, 6.45) is 1.73. The van der Waals surface area contributed by atoms with Gasteiger partial charge in [-0.25, -0.2) is 9.36 Å². The zero-order valence-electron chi connectivity index (χ0n) is 12.1. The molecule has 0 aliphatic rings. The van der Waals surface area contributed by atoms with Crippen molar-refractivity contribution in [2.45, 2.75) is 40.0 Å². The number of carbonyl (C=O) groups is 1. The lowest BCUT2D eigenvalue weighted by Crippen LogP contribution is -2.31. The molecular formula is C13H23N3O2. The van der Waals surface area contributed by atoms with Gasteiger partial charge in [0.1, 0.15) is 0 Å². The molecule has 0 aromatic carbocycles. The number of nitrogens with one attached hydrogen (secondary N) is 1. The first-order valence-corrected chi connectivity index (χ1v) is 6.17. The van der Waals surface area contributed by atoms with Crippen molar-refractivity contribution in [3.8, 4) is 6.01 Å². The first kappa shape index (κ1) is 14.5. The largest absolute Gasteiger partial charge is 0.468 e. The Hall–Kier alpha value is -1.52. The molecule has 1 aromatic rings. The third-order valence-corrected chi connectivity index (χ3v) is 2.50. The first-order valence-electron chi connectivity index (χ1n) is 6.17.